The van der Waals surface area contributed by atoms with Gasteiger partial charge >= 0.3 is 0 Å². The fourth-order valence-electron chi connectivity index (χ4n) is 3.95. The molecule has 0 bridgehead atoms. The number of aromatic hydroxyl groups is 1. The molecule has 0 spiro atoms. The first kappa shape index (κ1) is 21.8. The number of para-hydroxylation sites is 1. The van der Waals surface area contributed by atoms with Crippen molar-refractivity contribution >= 4 is 44.1 Å². The lowest BCUT2D eigenvalue weighted by Gasteiger charge is -2.14. The number of pyridine rings is 1. The highest BCUT2D eigenvalue weighted by molar-refractivity contribution is 7.21. The number of amides is 1. The van der Waals surface area contributed by atoms with Crippen molar-refractivity contribution in [3.63, 3.8) is 0 Å². The zero-order chi connectivity index (χ0) is 23.8. The van der Waals surface area contributed by atoms with Crippen LogP contribution >= 0.6 is 11.3 Å². The van der Waals surface area contributed by atoms with E-state index in [-0.39, 0.29) is 17.1 Å². The van der Waals surface area contributed by atoms with Gasteiger partial charge in [0, 0.05) is 23.2 Å². The van der Waals surface area contributed by atoms with Crippen molar-refractivity contribution in [3.05, 3.63) is 88.5 Å². The minimum atomic E-state index is -0.679. The van der Waals surface area contributed by atoms with Crippen molar-refractivity contribution in [2.45, 2.75) is 19.9 Å². The Hall–Kier alpha value is -4.04. The van der Waals surface area contributed by atoms with Crippen molar-refractivity contribution in [1.29, 1.82) is 0 Å². The van der Waals surface area contributed by atoms with Crippen LogP contribution in [-0.4, -0.2) is 20.6 Å². The fourth-order valence-corrected chi connectivity index (χ4v) is 4.95. The van der Waals surface area contributed by atoms with Gasteiger partial charge in [0.1, 0.15) is 22.1 Å². The average Bonchev–Trinajstić information content (AvgIpc) is 3.25. The summed E-state index contributed by atoms with van der Waals surface area (Å²) in [6, 6.07) is 18.4. The van der Waals surface area contributed by atoms with Gasteiger partial charge in [-0.2, -0.15) is 0 Å². The van der Waals surface area contributed by atoms with Crippen LogP contribution in [0.5, 0.6) is 5.75 Å². The first-order valence-electron chi connectivity index (χ1n) is 10.8. The minimum Gasteiger partial charge on any atom is -0.506 e. The standard InChI is InChI=1S/C26H20FN3O3S/c1-2-13-30-20-6-4-3-5-18(20)23(31)22(26(30)33)24(32)28-17-10-7-15(8-11-17)25-29-19-12-9-16(27)14-21(19)34-25/h3-12,14,31H,2,13H2,1H3,(H,28,32). The molecule has 170 valence electrons. The second-order valence-electron chi connectivity index (χ2n) is 7.86. The Bertz CT molecular complexity index is 1610. The van der Waals surface area contributed by atoms with Crippen LogP contribution in [0.3, 0.4) is 0 Å². The second kappa shape index (κ2) is 8.72. The molecular formula is C26H20FN3O3S. The number of carbonyl (C=O) groups is 1. The molecule has 1 amide bonds. The van der Waals surface area contributed by atoms with E-state index in [0.29, 0.717) is 35.1 Å². The number of benzene rings is 3. The zero-order valence-electron chi connectivity index (χ0n) is 18.2. The molecule has 0 fully saturated rings. The molecule has 0 aliphatic heterocycles. The molecule has 0 aliphatic rings. The summed E-state index contributed by atoms with van der Waals surface area (Å²) in [7, 11) is 0. The van der Waals surface area contributed by atoms with Gasteiger partial charge in [0.25, 0.3) is 11.5 Å². The van der Waals surface area contributed by atoms with Crippen LogP contribution in [0.25, 0.3) is 31.7 Å². The Morgan fingerprint density at radius 1 is 1.12 bits per heavy atom. The topological polar surface area (TPSA) is 84.2 Å². The number of hydrogen-bond donors (Lipinski definition) is 2. The number of aromatic nitrogens is 2. The monoisotopic (exact) mass is 473 g/mol. The molecular weight excluding hydrogens is 453 g/mol. The van der Waals surface area contributed by atoms with Crippen molar-refractivity contribution in [2.75, 3.05) is 5.32 Å². The lowest BCUT2D eigenvalue weighted by Crippen LogP contribution is -2.29. The van der Waals surface area contributed by atoms with Crippen LogP contribution in [0, 0.1) is 5.82 Å². The Balaban J connectivity index is 1.46. The molecule has 34 heavy (non-hydrogen) atoms. The van der Waals surface area contributed by atoms with Crippen LogP contribution in [0.15, 0.2) is 71.5 Å². The maximum absolute atomic E-state index is 13.5. The Morgan fingerprint density at radius 2 is 1.88 bits per heavy atom. The van der Waals surface area contributed by atoms with Crippen LogP contribution in [0.2, 0.25) is 0 Å². The van der Waals surface area contributed by atoms with Crippen LogP contribution in [0.1, 0.15) is 23.7 Å². The molecule has 0 radical (unpaired) electrons. The third kappa shape index (κ3) is 3.82. The third-order valence-electron chi connectivity index (χ3n) is 5.56. The maximum Gasteiger partial charge on any atom is 0.267 e. The minimum absolute atomic E-state index is 0.288. The number of anilines is 1. The predicted molar refractivity (Wildman–Crippen MR) is 133 cm³/mol. The van der Waals surface area contributed by atoms with E-state index in [4.69, 9.17) is 0 Å². The summed E-state index contributed by atoms with van der Waals surface area (Å²) in [6.45, 7) is 2.37. The number of nitrogens with one attached hydrogen (secondary N) is 1. The number of nitrogens with zero attached hydrogens (tertiary/aromatic N) is 2. The smallest absolute Gasteiger partial charge is 0.267 e. The van der Waals surface area contributed by atoms with Crippen molar-refractivity contribution in [1.82, 2.24) is 9.55 Å². The summed E-state index contributed by atoms with van der Waals surface area (Å²) in [5.74, 6) is -1.32. The third-order valence-corrected chi connectivity index (χ3v) is 6.63. The molecule has 0 unspecified atom stereocenters. The van der Waals surface area contributed by atoms with E-state index < -0.39 is 11.5 Å². The van der Waals surface area contributed by atoms with E-state index in [9.17, 15) is 19.1 Å². The summed E-state index contributed by atoms with van der Waals surface area (Å²) in [4.78, 5) is 30.6. The van der Waals surface area contributed by atoms with E-state index in [2.05, 4.69) is 10.3 Å². The molecule has 2 aromatic heterocycles. The SMILES string of the molecule is CCCn1c(=O)c(C(=O)Nc2ccc(-c3nc4ccc(F)cc4s3)cc2)c(O)c2ccccc21. The van der Waals surface area contributed by atoms with E-state index in [1.165, 1.54) is 28.0 Å². The van der Waals surface area contributed by atoms with Gasteiger partial charge in [-0.15, -0.1) is 11.3 Å². The lowest BCUT2D eigenvalue weighted by molar-refractivity contribution is 0.102. The normalized spacial score (nSPS) is 11.2. The molecule has 5 aromatic rings. The number of halogens is 1. The van der Waals surface area contributed by atoms with E-state index >= 15 is 0 Å². The molecule has 0 saturated carbocycles. The van der Waals surface area contributed by atoms with Gasteiger partial charge in [-0.3, -0.25) is 9.59 Å². The van der Waals surface area contributed by atoms with Gasteiger partial charge in [0.05, 0.1) is 15.7 Å². The molecule has 6 nitrogen and oxygen atoms in total. The van der Waals surface area contributed by atoms with Crippen molar-refractivity contribution in [3.8, 4) is 16.3 Å². The highest BCUT2D eigenvalue weighted by atomic mass is 32.1. The Kier molecular flexibility index (Phi) is 5.59. The molecule has 2 N–H and O–H groups in total. The number of hydrogen-bond acceptors (Lipinski definition) is 5. The molecule has 0 aliphatic carbocycles. The van der Waals surface area contributed by atoms with Gasteiger partial charge in [-0.05, 0) is 61.0 Å². The first-order chi connectivity index (χ1) is 16.5. The van der Waals surface area contributed by atoms with Crippen LogP contribution in [0.4, 0.5) is 10.1 Å². The second-order valence-corrected chi connectivity index (χ2v) is 8.89. The van der Waals surface area contributed by atoms with E-state index in [1.54, 1.807) is 54.6 Å². The average molecular weight is 474 g/mol. The number of rotatable bonds is 5. The quantitative estimate of drug-likeness (QED) is 0.339. The lowest BCUT2D eigenvalue weighted by atomic mass is 10.1. The van der Waals surface area contributed by atoms with Crippen LogP contribution in [-0.2, 0) is 6.54 Å². The Morgan fingerprint density at radius 3 is 2.65 bits per heavy atom. The Labute approximate surface area is 197 Å². The van der Waals surface area contributed by atoms with Gasteiger partial charge in [-0.1, -0.05) is 19.1 Å². The number of carbonyl (C=O) groups excluding carboxylic acids is 1. The highest BCUT2D eigenvalue weighted by Crippen LogP contribution is 2.32. The van der Waals surface area contributed by atoms with Crippen molar-refractivity contribution < 1.29 is 14.3 Å². The first-order valence-corrected chi connectivity index (χ1v) is 11.6. The summed E-state index contributed by atoms with van der Waals surface area (Å²) in [5, 5.41) is 14.6. The van der Waals surface area contributed by atoms with E-state index in [1.807, 2.05) is 6.92 Å². The highest BCUT2D eigenvalue weighted by Gasteiger charge is 2.22. The summed E-state index contributed by atoms with van der Waals surface area (Å²) >= 11 is 1.38. The molecule has 0 atom stereocenters. The summed E-state index contributed by atoms with van der Waals surface area (Å²) in [6.07, 6.45) is 0.704. The number of thiazole rings is 1. The van der Waals surface area contributed by atoms with Crippen LogP contribution < -0.4 is 10.9 Å². The molecule has 8 heteroatoms. The van der Waals surface area contributed by atoms with Gasteiger partial charge in [0.2, 0.25) is 0 Å². The van der Waals surface area contributed by atoms with Gasteiger partial charge in [-0.25, -0.2) is 9.37 Å². The molecule has 2 heterocycles. The fraction of sp³-hybridized carbons (Fsp3) is 0.115. The molecule has 5 rings (SSSR count). The largest absolute Gasteiger partial charge is 0.506 e. The zero-order valence-corrected chi connectivity index (χ0v) is 19.0. The number of fused-ring (bicyclic) bond motifs is 2. The summed E-state index contributed by atoms with van der Waals surface area (Å²) < 4.78 is 15.7. The predicted octanol–water partition coefficient (Wildman–Crippen LogP) is 5.79. The van der Waals surface area contributed by atoms with Gasteiger partial charge in [0.15, 0.2) is 0 Å². The number of aryl methyl sites for hydroxylation is 1. The molecule has 0 saturated heterocycles. The summed E-state index contributed by atoms with van der Waals surface area (Å²) in [5.41, 5.74) is 1.77. The van der Waals surface area contributed by atoms with Crippen molar-refractivity contribution in [2.24, 2.45) is 0 Å². The molecule has 3 aromatic carbocycles. The van der Waals surface area contributed by atoms with E-state index in [0.717, 1.165) is 15.3 Å². The maximum atomic E-state index is 13.5. The van der Waals surface area contributed by atoms with Gasteiger partial charge < -0.3 is 15.0 Å².